The minimum absolute atomic E-state index is 0.250. The molecule has 108 valence electrons. The van der Waals surface area contributed by atoms with Crippen molar-refractivity contribution in [2.75, 3.05) is 18.6 Å². The minimum Gasteiger partial charge on any atom is -0.312 e. The van der Waals surface area contributed by atoms with Crippen molar-refractivity contribution >= 4 is 21.2 Å². The molecule has 1 heterocycles. The van der Waals surface area contributed by atoms with E-state index < -0.39 is 9.84 Å². The quantitative estimate of drug-likeness (QED) is 0.800. The van der Waals surface area contributed by atoms with Crippen molar-refractivity contribution < 1.29 is 8.42 Å². The molecule has 20 heavy (non-hydrogen) atoms. The van der Waals surface area contributed by atoms with Crippen LogP contribution in [0.4, 0.5) is 0 Å². The summed E-state index contributed by atoms with van der Waals surface area (Å²) in [6, 6.07) is 12.5. The molecule has 0 unspecified atom stereocenters. The smallest absolute Gasteiger partial charge is 0.147 e. The van der Waals surface area contributed by atoms with Gasteiger partial charge >= 0.3 is 0 Å². The van der Waals surface area contributed by atoms with Gasteiger partial charge in [0.2, 0.25) is 0 Å². The van der Waals surface area contributed by atoms with Gasteiger partial charge < -0.3 is 5.32 Å². The van der Waals surface area contributed by atoms with Crippen molar-refractivity contribution in [2.24, 2.45) is 0 Å². The van der Waals surface area contributed by atoms with Gasteiger partial charge in [-0.3, -0.25) is 0 Å². The molecule has 0 atom stereocenters. The zero-order chi connectivity index (χ0) is 14.4. The van der Waals surface area contributed by atoms with Crippen LogP contribution in [0.5, 0.6) is 0 Å². The Balaban J connectivity index is 1.79. The van der Waals surface area contributed by atoms with E-state index in [1.165, 1.54) is 22.3 Å². The van der Waals surface area contributed by atoms with Crippen molar-refractivity contribution in [3.05, 3.63) is 46.7 Å². The van der Waals surface area contributed by atoms with E-state index >= 15 is 0 Å². The van der Waals surface area contributed by atoms with Crippen LogP contribution in [0.3, 0.4) is 0 Å². The maximum absolute atomic E-state index is 11.0. The summed E-state index contributed by atoms with van der Waals surface area (Å²) < 4.78 is 22.0. The van der Waals surface area contributed by atoms with Crippen LogP contribution in [0, 0.1) is 0 Å². The first-order chi connectivity index (χ1) is 9.54. The SMILES string of the molecule is CS(=O)(=O)CCCNCc1cc(-c2ccccc2)cs1. The number of thiophene rings is 1. The lowest BCUT2D eigenvalue weighted by Gasteiger charge is -2.02. The van der Waals surface area contributed by atoms with Gasteiger partial charge in [0.25, 0.3) is 0 Å². The van der Waals surface area contributed by atoms with E-state index in [0.717, 1.165) is 13.1 Å². The van der Waals surface area contributed by atoms with Crippen LogP contribution >= 0.6 is 11.3 Å². The number of rotatable bonds is 7. The fourth-order valence-electron chi connectivity index (χ4n) is 1.93. The second-order valence-corrected chi connectivity index (χ2v) is 8.08. The molecule has 1 N–H and O–H groups in total. The molecule has 0 spiro atoms. The van der Waals surface area contributed by atoms with Gasteiger partial charge in [0.1, 0.15) is 9.84 Å². The third kappa shape index (κ3) is 5.07. The summed E-state index contributed by atoms with van der Waals surface area (Å²) in [5, 5.41) is 5.44. The third-order valence-corrected chi connectivity index (χ3v) is 4.90. The maximum atomic E-state index is 11.0. The number of benzene rings is 1. The fourth-order valence-corrected chi connectivity index (χ4v) is 3.46. The Labute approximate surface area is 124 Å². The van der Waals surface area contributed by atoms with Gasteiger partial charge in [-0.15, -0.1) is 11.3 Å². The molecule has 2 rings (SSSR count). The van der Waals surface area contributed by atoms with Crippen LogP contribution in [-0.2, 0) is 16.4 Å². The average molecular weight is 309 g/mol. The van der Waals surface area contributed by atoms with Gasteiger partial charge in [0.05, 0.1) is 5.75 Å². The molecule has 0 bridgehead atoms. The van der Waals surface area contributed by atoms with E-state index in [1.807, 2.05) is 18.2 Å². The zero-order valence-corrected chi connectivity index (χ0v) is 13.1. The zero-order valence-electron chi connectivity index (χ0n) is 11.5. The molecule has 1 aromatic heterocycles. The molecule has 3 nitrogen and oxygen atoms in total. The second-order valence-electron chi connectivity index (χ2n) is 4.83. The first kappa shape index (κ1) is 15.2. The van der Waals surface area contributed by atoms with E-state index in [0.29, 0.717) is 6.42 Å². The van der Waals surface area contributed by atoms with E-state index in [1.54, 1.807) is 11.3 Å². The Bertz CT molecular complexity index is 633. The molecule has 0 radical (unpaired) electrons. The minimum atomic E-state index is -2.84. The topological polar surface area (TPSA) is 46.2 Å². The van der Waals surface area contributed by atoms with E-state index in [2.05, 4.69) is 28.9 Å². The number of sulfone groups is 1. The largest absolute Gasteiger partial charge is 0.312 e. The van der Waals surface area contributed by atoms with Gasteiger partial charge in [-0.25, -0.2) is 8.42 Å². The van der Waals surface area contributed by atoms with Crippen LogP contribution in [0.15, 0.2) is 41.8 Å². The Morgan fingerprint density at radius 3 is 2.60 bits per heavy atom. The summed E-state index contributed by atoms with van der Waals surface area (Å²) in [7, 11) is -2.84. The molecule has 0 aliphatic carbocycles. The van der Waals surface area contributed by atoms with Gasteiger partial charge in [-0.05, 0) is 35.5 Å². The highest BCUT2D eigenvalue weighted by atomic mass is 32.2. The Hall–Kier alpha value is -1.17. The van der Waals surface area contributed by atoms with Gasteiger partial charge in [0, 0.05) is 17.7 Å². The van der Waals surface area contributed by atoms with Gasteiger partial charge in [-0.2, -0.15) is 0 Å². The molecule has 0 saturated heterocycles. The summed E-state index contributed by atoms with van der Waals surface area (Å²) in [6.45, 7) is 1.52. The molecule has 2 aromatic rings. The predicted molar refractivity (Wildman–Crippen MR) is 85.8 cm³/mol. The lowest BCUT2D eigenvalue weighted by Crippen LogP contribution is -2.17. The first-order valence-corrected chi connectivity index (χ1v) is 9.50. The highest BCUT2D eigenvalue weighted by Gasteiger charge is 2.03. The van der Waals surface area contributed by atoms with Crippen LogP contribution < -0.4 is 5.32 Å². The van der Waals surface area contributed by atoms with Crippen LogP contribution in [0.1, 0.15) is 11.3 Å². The average Bonchev–Trinajstić information content (AvgIpc) is 2.87. The molecular weight excluding hydrogens is 290 g/mol. The monoisotopic (exact) mass is 309 g/mol. The van der Waals surface area contributed by atoms with Crippen molar-refractivity contribution in [1.82, 2.24) is 5.32 Å². The Kier molecular flexibility index (Phi) is 5.34. The highest BCUT2D eigenvalue weighted by molar-refractivity contribution is 7.90. The molecule has 5 heteroatoms. The first-order valence-electron chi connectivity index (χ1n) is 6.56. The lowest BCUT2D eigenvalue weighted by molar-refractivity contribution is 0.594. The number of hydrogen-bond acceptors (Lipinski definition) is 4. The summed E-state index contributed by atoms with van der Waals surface area (Å²) in [5.74, 6) is 0.250. The molecule has 0 fully saturated rings. The molecular formula is C15H19NO2S2. The maximum Gasteiger partial charge on any atom is 0.147 e. The summed E-state index contributed by atoms with van der Waals surface area (Å²) in [6.07, 6.45) is 1.94. The van der Waals surface area contributed by atoms with E-state index in [4.69, 9.17) is 0 Å². The van der Waals surface area contributed by atoms with Crippen molar-refractivity contribution in [2.45, 2.75) is 13.0 Å². The fraction of sp³-hybridized carbons (Fsp3) is 0.333. The summed E-state index contributed by atoms with van der Waals surface area (Å²) >= 11 is 1.73. The molecule has 0 saturated carbocycles. The standard InChI is InChI=1S/C15H19NO2S2/c1-20(17,18)9-5-8-16-11-15-10-14(12-19-15)13-6-3-2-4-7-13/h2-4,6-7,10,12,16H,5,8-9,11H2,1H3. The summed E-state index contributed by atoms with van der Waals surface area (Å²) in [5.41, 5.74) is 2.47. The van der Waals surface area contributed by atoms with Gasteiger partial charge in [-0.1, -0.05) is 30.3 Å². The van der Waals surface area contributed by atoms with E-state index in [9.17, 15) is 8.42 Å². The van der Waals surface area contributed by atoms with Gasteiger partial charge in [0.15, 0.2) is 0 Å². The van der Waals surface area contributed by atoms with Crippen molar-refractivity contribution in [3.63, 3.8) is 0 Å². The van der Waals surface area contributed by atoms with E-state index in [-0.39, 0.29) is 5.75 Å². The number of nitrogens with one attached hydrogen (secondary N) is 1. The Morgan fingerprint density at radius 2 is 1.90 bits per heavy atom. The van der Waals surface area contributed by atoms with Crippen molar-refractivity contribution in [3.8, 4) is 11.1 Å². The molecule has 0 amide bonds. The van der Waals surface area contributed by atoms with Crippen LogP contribution in [0.2, 0.25) is 0 Å². The third-order valence-electron chi connectivity index (χ3n) is 2.93. The Morgan fingerprint density at radius 1 is 1.15 bits per heavy atom. The molecule has 1 aromatic carbocycles. The van der Waals surface area contributed by atoms with Crippen LogP contribution in [0.25, 0.3) is 11.1 Å². The number of hydrogen-bond donors (Lipinski definition) is 1. The van der Waals surface area contributed by atoms with Crippen LogP contribution in [-0.4, -0.2) is 27.0 Å². The highest BCUT2D eigenvalue weighted by Crippen LogP contribution is 2.25. The second kappa shape index (κ2) is 7.02. The van der Waals surface area contributed by atoms with Crippen molar-refractivity contribution in [1.29, 1.82) is 0 Å². The normalized spacial score (nSPS) is 11.7. The predicted octanol–water partition coefficient (Wildman–Crippen LogP) is 2.94. The molecule has 0 aliphatic heterocycles. The summed E-state index contributed by atoms with van der Waals surface area (Å²) in [4.78, 5) is 1.27. The lowest BCUT2D eigenvalue weighted by atomic mass is 10.1. The molecule has 0 aliphatic rings.